The summed E-state index contributed by atoms with van der Waals surface area (Å²) < 4.78 is 7.14. The largest absolute Gasteiger partial charge is 2.00 e. The number of hydrogen-bond donors (Lipinski definition) is 0. The monoisotopic (exact) mass is 1030 g/mol. The minimum Gasteiger partial charge on any atom is 2.00 e. The summed E-state index contributed by atoms with van der Waals surface area (Å²) in [7, 11) is 0. The van der Waals surface area contributed by atoms with Gasteiger partial charge in [-0.3, -0.25) is 0 Å². The van der Waals surface area contributed by atoms with Crippen LogP contribution in [0.5, 0.6) is 0 Å². The maximum atomic E-state index is 12.2. The summed E-state index contributed by atoms with van der Waals surface area (Å²) in [4.78, 5) is 44.1. The van der Waals surface area contributed by atoms with Crippen molar-refractivity contribution in [1.29, 1.82) is 0 Å². The van der Waals surface area contributed by atoms with Gasteiger partial charge in [0.2, 0.25) is 0 Å². The second-order valence-corrected chi connectivity index (χ2v) is 28.1. The summed E-state index contributed by atoms with van der Waals surface area (Å²) in [6.07, 6.45) is 14.7. The van der Waals surface area contributed by atoms with E-state index in [9.17, 15) is 9.59 Å². The van der Waals surface area contributed by atoms with E-state index in [4.69, 9.17) is 19.9 Å². The molecule has 10 heteroatoms. The molecule has 11 rings (SSSR count). The molecule has 0 unspecified atom stereocenters. The van der Waals surface area contributed by atoms with E-state index in [1.807, 2.05) is 91.0 Å². The third-order valence-corrected chi connectivity index (χ3v) is 27.2. The predicted octanol–water partition coefficient (Wildman–Crippen LogP) is 13.1. The summed E-state index contributed by atoms with van der Waals surface area (Å²) in [5, 5.41) is 0. The van der Waals surface area contributed by atoms with Crippen LogP contribution in [-0.2, 0) is 19.5 Å². The summed E-state index contributed by atoms with van der Waals surface area (Å²) in [5.41, 5.74) is 16.4. The first-order valence-electron chi connectivity index (χ1n) is 23.0. The quantitative estimate of drug-likeness (QED) is 0.0945. The van der Waals surface area contributed by atoms with Gasteiger partial charge >= 0.3 is 203 Å². The zero-order valence-corrected chi connectivity index (χ0v) is 43.7. The van der Waals surface area contributed by atoms with Crippen molar-refractivity contribution in [3.05, 3.63) is 203 Å². The summed E-state index contributed by atoms with van der Waals surface area (Å²) in [6.45, 7) is 4.45. The Kier molecular flexibility index (Phi) is 13.8. The molecule has 5 aromatic heterocycles. The number of aldehydes is 2. The van der Waals surface area contributed by atoms with Gasteiger partial charge in [0, 0.05) is 0 Å². The fourth-order valence-corrected chi connectivity index (χ4v) is 26.5. The van der Waals surface area contributed by atoms with Crippen molar-refractivity contribution >= 4 is 77.9 Å². The molecule has 0 saturated carbocycles. The number of benzene rings is 3. The molecule has 0 fully saturated rings. The van der Waals surface area contributed by atoms with Crippen molar-refractivity contribution in [3.8, 4) is 22.3 Å². The molecule has 0 radical (unpaired) electrons. The van der Waals surface area contributed by atoms with Gasteiger partial charge in [0.15, 0.2) is 0 Å². The minimum absolute atomic E-state index is 0. The topological polar surface area (TPSA) is 98.0 Å². The van der Waals surface area contributed by atoms with Crippen LogP contribution in [0.4, 0.5) is 0 Å². The zero-order valence-electron chi connectivity index (χ0n) is 37.9. The number of carbonyl (C=O) groups excluding carboxylic acids is 2. The van der Waals surface area contributed by atoms with Crippen LogP contribution in [0.15, 0.2) is 152 Å². The zero-order chi connectivity index (χ0) is 45.0. The molecule has 8 aromatic rings. The minimum atomic E-state index is -3.40. The van der Waals surface area contributed by atoms with Crippen molar-refractivity contribution in [2.45, 2.75) is 54.3 Å². The van der Waals surface area contributed by atoms with Gasteiger partial charge in [-0.25, -0.2) is 9.97 Å². The molecule has 3 aromatic carbocycles. The maximum Gasteiger partial charge on any atom is 2.00 e. The molecule has 0 spiro atoms. The molecule has 3 aliphatic rings. The van der Waals surface area contributed by atoms with E-state index >= 15 is 0 Å². The smallest absolute Gasteiger partial charge is 2.00 e. The Bertz CT molecular complexity index is 3090. The van der Waals surface area contributed by atoms with Gasteiger partial charge in [-0.1, -0.05) is 97.1 Å². The van der Waals surface area contributed by atoms with E-state index in [0.29, 0.717) is 0 Å². The number of rotatable bonds is 11. The Hall–Kier alpha value is -6.42. The van der Waals surface area contributed by atoms with Crippen LogP contribution < -0.4 is 9.97 Å². The van der Waals surface area contributed by atoms with Crippen LogP contribution in [0.3, 0.4) is 0 Å². The average Bonchev–Trinajstić information content (AvgIpc) is 4.24. The second kappa shape index (κ2) is 20.2. The molecular weight excluding hydrogens is 985 g/mol. The molecule has 326 valence electrons. The number of fused-ring (bicyclic) bond motifs is 10. The number of aromatic nitrogens is 6. The van der Waals surface area contributed by atoms with Crippen LogP contribution in [0.2, 0.25) is 8.87 Å². The number of nitrogens with zero attached hydrogens (tertiary/aromatic N) is 6. The van der Waals surface area contributed by atoms with Gasteiger partial charge < -0.3 is 9.97 Å². The SMILES string of the molecule is C1=Cc2nc1cc1ccc([n-]1)c(-c1ccccc1)c1nc(cc3ccc([n-]3)c2-c2ccccc2)C=C1.CCC[CH2][Sn]1([CH2]CCC)[n]2c(C=O)ccc2C(c2ccccc2)c2ccc(C=O)[n]21.[Zn+2]. The van der Waals surface area contributed by atoms with E-state index in [-0.39, 0.29) is 25.4 Å². The molecule has 8 heterocycles. The van der Waals surface area contributed by atoms with Gasteiger partial charge in [-0.2, -0.15) is 0 Å². The first kappa shape index (κ1) is 45.7. The Balaban J connectivity index is 0.000000169. The van der Waals surface area contributed by atoms with Crippen LogP contribution >= 0.6 is 0 Å². The van der Waals surface area contributed by atoms with E-state index in [2.05, 4.69) is 104 Å². The molecular formula is C57H50N6O2SnZn. The fourth-order valence-electron chi connectivity index (χ4n) is 10.0. The van der Waals surface area contributed by atoms with Crippen LogP contribution in [0.1, 0.15) is 106 Å². The molecule has 67 heavy (non-hydrogen) atoms. The van der Waals surface area contributed by atoms with Crippen molar-refractivity contribution in [2.24, 2.45) is 0 Å². The molecule has 0 amide bonds. The van der Waals surface area contributed by atoms with Crippen LogP contribution in [-0.4, -0.2) is 47.0 Å². The average molecular weight is 1040 g/mol. The Labute approximate surface area is 408 Å². The Morgan fingerprint density at radius 3 is 1.39 bits per heavy atom. The van der Waals surface area contributed by atoms with Gasteiger partial charge in [0.1, 0.15) is 0 Å². The Morgan fingerprint density at radius 2 is 0.970 bits per heavy atom. The van der Waals surface area contributed by atoms with Crippen molar-refractivity contribution in [3.63, 3.8) is 0 Å². The van der Waals surface area contributed by atoms with Crippen molar-refractivity contribution in [2.75, 3.05) is 0 Å². The number of hydrogen-bond acceptors (Lipinski definition) is 4. The predicted molar refractivity (Wildman–Crippen MR) is 271 cm³/mol. The van der Waals surface area contributed by atoms with Gasteiger partial charge in [0.25, 0.3) is 0 Å². The molecule has 8 bridgehead atoms. The van der Waals surface area contributed by atoms with Gasteiger partial charge in [-0.15, -0.1) is 22.1 Å². The number of carbonyl (C=O) groups is 2. The van der Waals surface area contributed by atoms with Crippen molar-refractivity contribution in [1.82, 2.24) is 25.5 Å². The van der Waals surface area contributed by atoms with E-state index in [0.717, 1.165) is 126 Å². The van der Waals surface area contributed by atoms with Gasteiger partial charge in [0.05, 0.1) is 22.8 Å². The molecule has 0 atom stereocenters. The first-order valence-corrected chi connectivity index (χ1v) is 29.6. The number of unbranched alkanes of at least 4 members (excludes halogenated alkanes) is 2. The van der Waals surface area contributed by atoms with E-state index in [1.165, 1.54) is 17.0 Å². The standard InChI is InChI=1S/C32H20N4.C17H14N2O2.2C4H9.Sn.Zn/c1-3-7-21(8-4-1)31-27-15-11-23(33-27)19-25-13-17-29(35-25)32(22-9-5-2-6-10-22)30-18-14-26(36-30)20-24-12-16-28(31)34-24;20-10-13-6-8-15(18-13)17(12-4-2-1-3-5-12)16-9-7-14(11-21)19-16;2*1-3-4-2;;/h1-20H;1-11,17H,(H2,18,19,20,21);2*1,3-4H2,2H3;;/q-2;;;;2*+2/p-2. The third-order valence-electron chi connectivity index (χ3n) is 12.9. The molecule has 0 N–H and O–H groups in total. The van der Waals surface area contributed by atoms with Crippen molar-refractivity contribution < 1.29 is 29.1 Å². The normalized spacial score (nSPS) is 13.2. The van der Waals surface area contributed by atoms with Gasteiger partial charge in [-0.05, 0) is 46.6 Å². The van der Waals surface area contributed by atoms with Crippen LogP contribution in [0, 0.1) is 0 Å². The van der Waals surface area contributed by atoms with E-state index < -0.39 is 18.9 Å². The summed E-state index contributed by atoms with van der Waals surface area (Å²) in [5.74, 6) is 0.0432. The fraction of sp³-hybridized carbons (Fsp3) is 0.158. The summed E-state index contributed by atoms with van der Waals surface area (Å²) in [6, 6.07) is 51.6. The molecule has 0 saturated heterocycles. The molecule has 3 aliphatic heterocycles. The Morgan fingerprint density at radius 1 is 0.537 bits per heavy atom. The first-order chi connectivity index (χ1) is 32.5. The second-order valence-electron chi connectivity index (χ2n) is 17.1. The summed E-state index contributed by atoms with van der Waals surface area (Å²) >= 11 is -3.40. The van der Waals surface area contributed by atoms with E-state index in [1.54, 1.807) is 0 Å². The maximum absolute atomic E-state index is 12.2. The van der Waals surface area contributed by atoms with Crippen LogP contribution in [0.25, 0.3) is 68.6 Å². The molecule has 0 aliphatic carbocycles. The molecule has 8 nitrogen and oxygen atoms in total. The third kappa shape index (κ3) is 8.83.